The number of nitrogens with zero attached hydrogens (tertiary/aromatic N) is 4. The molecule has 3 aliphatic rings. The number of aryl methyl sites for hydroxylation is 1. The predicted molar refractivity (Wildman–Crippen MR) is 132 cm³/mol. The predicted octanol–water partition coefficient (Wildman–Crippen LogP) is 4.79. The normalized spacial score (nSPS) is 26.1. The summed E-state index contributed by atoms with van der Waals surface area (Å²) in [6.07, 6.45) is 15.5. The molecule has 2 aromatic heterocycles. The van der Waals surface area contributed by atoms with Crippen LogP contribution in [0.2, 0.25) is 0 Å². The number of nitrogens with two attached hydrogens (primary N) is 1. The molecule has 5 rings (SSSR count). The highest BCUT2D eigenvalue weighted by Crippen LogP contribution is 2.40. The fourth-order valence-corrected chi connectivity index (χ4v) is 6.31. The first kappa shape index (κ1) is 21.7. The molecule has 0 radical (unpaired) electrons. The number of allylic oxidation sites excluding steroid dienone is 1. The Morgan fingerprint density at radius 1 is 1.19 bits per heavy atom. The molecule has 1 saturated carbocycles. The first-order valence-electron chi connectivity index (χ1n) is 11.8. The van der Waals surface area contributed by atoms with Crippen LogP contribution < -0.4 is 11.1 Å². The Kier molecular flexibility index (Phi) is 5.90. The average Bonchev–Trinajstić information content (AvgIpc) is 3.43. The minimum Gasteiger partial charge on any atom is -0.359 e. The Labute approximate surface area is 195 Å². The van der Waals surface area contributed by atoms with Gasteiger partial charge < -0.3 is 16.0 Å². The zero-order valence-electron chi connectivity index (χ0n) is 19.4. The molecule has 6 nitrogen and oxygen atoms in total. The smallest absolute Gasteiger partial charge is 0.183 e. The first-order chi connectivity index (χ1) is 15.4. The number of thiazole rings is 1. The summed E-state index contributed by atoms with van der Waals surface area (Å²) in [5.74, 6) is 0.700. The molecule has 32 heavy (non-hydrogen) atoms. The van der Waals surface area contributed by atoms with Crippen molar-refractivity contribution in [3.05, 3.63) is 47.1 Å². The molecule has 2 aromatic rings. The molecule has 0 bridgehead atoms. The number of aromatic nitrogens is 3. The lowest BCUT2D eigenvalue weighted by Gasteiger charge is -2.36. The maximum Gasteiger partial charge on any atom is 0.183 e. The fraction of sp³-hybridized carbons (Fsp3) is 0.560. The monoisotopic (exact) mass is 450 g/mol. The summed E-state index contributed by atoms with van der Waals surface area (Å²) >= 11 is 1.69. The van der Waals surface area contributed by atoms with E-state index < -0.39 is 5.54 Å². The molecular formula is C25H34N6S. The lowest BCUT2D eigenvalue weighted by molar-refractivity contribution is 0.265. The van der Waals surface area contributed by atoms with E-state index in [1.807, 2.05) is 12.3 Å². The van der Waals surface area contributed by atoms with Gasteiger partial charge in [0, 0.05) is 18.3 Å². The molecule has 0 saturated heterocycles. The van der Waals surface area contributed by atoms with Gasteiger partial charge in [0.15, 0.2) is 11.0 Å². The molecule has 2 unspecified atom stereocenters. The van der Waals surface area contributed by atoms with Gasteiger partial charge in [0.25, 0.3) is 0 Å². The van der Waals surface area contributed by atoms with Crippen molar-refractivity contribution >= 4 is 16.5 Å². The van der Waals surface area contributed by atoms with Crippen LogP contribution in [0.25, 0.3) is 10.6 Å². The Morgan fingerprint density at radius 2 is 2.00 bits per heavy atom. The highest BCUT2D eigenvalue weighted by Gasteiger charge is 2.35. The van der Waals surface area contributed by atoms with Crippen LogP contribution in [0.3, 0.4) is 0 Å². The van der Waals surface area contributed by atoms with E-state index in [1.54, 1.807) is 11.3 Å². The number of rotatable bonds is 5. The Hall–Kier alpha value is -2.09. The van der Waals surface area contributed by atoms with Crippen LogP contribution in [-0.2, 0) is 5.54 Å². The van der Waals surface area contributed by atoms with Crippen molar-refractivity contribution in [2.75, 3.05) is 19.4 Å². The summed E-state index contributed by atoms with van der Waals surface area (Å²) in [6.45, 7) is 2.06. The van der Waals surface area contributed by atoms with Gasteiger partial charge >= 0.3 is 0 Å². The molecule has 3 aliphatic carbocycles. The fourth-order valence-electron chi connectivity index (χ4n) is 5.30. The van der Waals surface area contributed by atoms with E-state index in [9.17, 15) is 0 Å². The van der Waals surface area contributed by atoms with Crippen LogP contribution in [-0.4, -0.2) is 46.0 Å². The van der Waals surface area contributed by atoms with E-state index in [-0.39, 0.29) is 0 Å². The van der Waals surface area contributed by atoms with Crippen LogP contribution in [0.4, 0.5) is 5.13 Å². The minimum atomic E-state index is -0.649. The van der Waals surface area contributed by atoms with E-state index in [4.69, 9.17) is 15.7 Å². The molecule has 0 spiro atoms. The standard InChI is InChI=1S/C25H34N6S/c1-16-22(32-24(28-16)29-19-6-4-5-7-19)21-11-13-27-23(30-21)25(26)12-10-17-14-20(31(2)3)9-8-18(17)15-25/h10-13,19-20H,4-9,14-15,26H2,1-3H3,(H,28,29). The van der Waals surface area contributed by atoms with E-state index >= 15 is 0 Å². The number of anilines is 1. The summed E-state index contributed by atoms with van der Waals surface area (Å²) < 4.78 is 0. The number of hydrogen-bond donors (Lipinski definition) is 2. The lowest BCUT2D eigenvalue weighted by Crippen LogP contribution is -2.40. The van der Waals surface area contributed by atoms with E-state index in [0.29, 0.717) is 17.9 Å². The summed E-state index contributed by atoms with van der Waals surface area (Å²) in [5, 5.41) is 4.62. The summed E-state index contributed by atoms with van der Waals surface area (Å²) in [6, 6.07) is 3.15. The summed E-state index contributed by atoms with van der Waals surface area (Å²) in [4.78, 5) is 17.8. The first-order valence-corrected chi connectivity index (χ1v) is 12.7. The van der Waals surface area contributed by atoms with Crippen molar-refractivity contribution in [3.8, 4) is 10.6 Å². The van der Waals surface area contributed by atoms with Gasteiger partial charge in [0.1, 0.15) is 0 Å². The highest BCUT2D eigenvalue weighted by atomic mass is 32.1. The van der Waals surface area contributed by atoms with Crippen LogP contribution >= 0.6 is 11.3 Å². The van der Waals surface area contributed by atoms with E-state index in [1.165, 1.54) is 43.3 Å². The molecule has 1 fully saturated rings. The molecule has 170 valence electrons. The number of nitrogens with one attached hydrogen (secondary N) is 1. The van der Waals surface area contributed by atoms with Crippen LogP contribution in [0, 0.1) is 6.92 Å². The molecule has 0 aromatic carbocycles. The van der Waals surface area contributed by atoms with Crippen LogP contribution in [0.1, 0.15) is 62.9 Å². The second-order valence-corrected chi connectivity index (χ2v) is 10.9. The van der Waals surface area contributed by atoms with Gasteiger partial charge in [0.05, 0.1) is 21.8 Å². The largest absolute Gasteiger partial charge is 0.359 e. The van der Waals surface area contributed by atoms with Gasteiger partial charge in [-0.1, -0.05) is 41.9 Å². The second-order valence-electron chi connectivity index (χ2n) is 9.86. The Balaban J connectivity index is 1.37. The maximum atomic E-state index is 6.90. The van der Waals surface area contributed by atoms with Crippen molar-refractivity contribution in [2.24, 2.45) is 5.73 Å². The molecular weight excluding hydrogens is 416 g/mol. The third kappa shape index (κ3) is 4.26. The zero-order valence-corrected chi connectivity index (χ0v) is 20.2. The average molecular weight is 451 g/mol. The molecule has 0 aliphatic heterocycles. The molecule has 3 N–H and O–H groups in total. The molecule has 2 atom stereocenters. The second kappa shape index (κ2) is 8.69. The molecule has 2 heterocycles. The SMILES string of the molecule is Cc1nc(NC2CCCC2)sc1-c1ccnc(C2(N)C=CC3=C(CCC(N(C)C)C3)C2)n1. The zero-order chi connectivity index (χ0) is 22.3. The van der Waals surface area contributed by atoms with Gasteiger partial charge in [-0.05, 0) is 71.2 Å². The summed E-state index contributed by atoms with van der Waals surface area (Å²) in [7, 11) is 4.34. The number of hydrogen-bond acceptors (Lipinski definition) is 7. The Bertz CT molecular complexity index is 1050. The third-order valence-electron chi connectivity index (χ3n) is 7.29. The van der Waals surface area contributed by atoms with Gasteiger partial charge in [-0.3, -0.25) is 0 Å². The third-order valence-corrected chi connectivity index (χ3v) is 8.40. The quantitative estimate of drug-likeness (QED) is 0.682. The van der Waals surface area contributed by atoms with Gasteiger partial charge in [-0.25, -0.2) is 15.0 Å². The van der Waals surface area contributed by atoms with Crippen molar-refractivity contribution in [3.63, 3.8) is 0 Å². The topological polar surface area (TPSA) is 80.0 Å². The maximum absolute atomic E-state index is 6.90. The van der Waals surface area contributed by atoms with Gasteiger partial charge in [-0.15, -0.1) is 0 Å². The minimum absolute atomic E-state index is 0.555. The van der Waals surface area contributed by atoms with Crippen LogP contribution in [0.5, 0.6) is 0 Å². The van der Waals surface area contributed by atoms with Crippen LogP contribution in [0.15, 0.2) is 35.6 Å². The van der Waals surface area contributed by atoms with E-state index in [0.717, 1.165) is 40.7 Å². The Morgan fingerprint density at radius 3 is 2.78 bits per heavy atom. The van der Waals surface area contributed by atoms with Crippen molar-refractivity contribution < 1.29 is 0 Å². The van der Waals surface area contributed by atoms with Crippen molar-refractivity contribution in [1.82, 2.24) is 19.9 Å². The highest BCUT2D eigenvalue weighted by molar-refractivity contribution is 7.19. The van der Waals surface area contributed by atoms with Crippen molar-refractivity contribution in [1.29, 1.82) is 0 Å². The van der Waals surface area contributed by atoms with Crippen molar-refractivity contribution in [2.45, 2.75) is 75.9 Å². The van der Waals surface area contributed by atoms with Gasteiger partial charge in [0.2, 0.25) is 0 Å². The van der Waals surface area contributed by atoms with Gasteiger partial charge in [-0.2, -0.15) is 0 Å². The molecule has 0 amide bonds. The van der Waals surface area contributed by atoms with E-state index in [2.05, 4.69) is 48.4 Å². The molecule has 7 heteroatoms. The lowest BCUT2D eigenvalue weighted by atomic mass is 9.76. The summed E-state index contributed by atoms with van der Waals surface area (Å²) in [5.41, 5.74) is 11.1.